The van der Waals surface area contributed by atoms with E-state index in [1.54, 1.807) is 12.1 Å². The molecule has 0 saturated carbocycles. The van der Waals surface area contributed by atoms with Crippen LogP contribution in [-0.4, -0.2) is 21.3 Å². The van der Waals surface area contributed by atoms with Crippen molar-refractivity contribution in [1.82, 2.24) is 4.98 Å². The van der Waals surface area contributed by atoms with Gasteiger partial charge >= 0.3 is 0 Å². The third kappa shape index (κ3) is 5.04. The number of pyridine rings is 1. The van der Waals surface area contributed by atoms with E-state index in [0.29, 0.717) is 0 Å². The number of aliphatic hydroxyl groups is 1. The molecular formula is C18H21NO2. The minimum absolute atomic E-state index is 0.218. The number of nitrogens with zero attached hydrogens (tertiary/aromatic N) is 1. The van der Waals surface area contributed by atoms with Crippen molar-refractivity contribution in [3.63, 3.8) is 0 Å². The van der Waals surface area contributed by atoms with E-state index in [1.165, 1.54) is 0 Å². The van der Waals surface area contributed by atoms with Gasteiger partial charge in [0.2, 0.25) is 0 Å². The molecule has 0 spiro atoms. The molecule has 2 N–H and O–H groups in total. The Kier molecular flexibility index (Phi) is 5.52. The first-order valence-corrected chi connectivity index (χ1v) is 7.25. The van der Waals surface area contributed by atoms with Crippen molar-refractivity contribution in [3.05, 3.63) is 54.2 Å². The number of aliphatic hydroxyl groups excluding tert-OH is 1. The van der Waals surface area contributed by atoms with Crippen LogP contribution >= 0.6 is 0 Å². The smallest absolute Gasteiger partial charge is 0.115 e. The van der Waals surface area contributed by atoms with Crippen molar-refractivity contribution in [1.29, 1.82) is 0 Å². The summed E-state index contributed by atoms with van der Waals surface area (Å²) in [6.45, 7) is 1.82. The second-order valence-electron chi connectivity index (χ2n) is 5.21. The summed E-state index contributed by atoms with van der Waals surface area (Å²) in [7, 11) is 0. The molecule has 3 heteroatoms. The predicted molar refractivity (Wildman–Crippen MR) is 85.9 cm³/mol. The molecule has 2 rings (SSSR count). The number of phenolic OH excluding ortho intramolecular Hbond substituents is 1. The zero-order chi connectivity index (χ0) is 15.1. The molecular weight excluding hydrogens is 262 g/mol. The van der Waals surface area contributed by atoms with Crippen LogP contribution in [0.1, 0.15) is 31.7 Å². The Morgan fingerprint density at radius 2 is 1.90 bits per heavy atom. The SMILES string of the molecule is CC(O)CCCC=Cc1ccc(-c2ccc(O)cc2)nc1. The maximum absolute atomic E-state index is 9.28. The van der Waals surface area contributed by atoms with Gasteiger partial charge in [-0.2, -0.15) is 0 Å². The summed E-state index contributed by atoms with van der Waals surface area (Å²) < 4.78 is 0. The molecule has 1 unspecified atom stereocenters. The maximum atomic E-state index is 9.28. The van der Waals surface area contributed by atoms with Gasteiger partial charge in [-0.05, 0) is 62.1 Å². The largest absolute Gasteiger partial charge is 0.508 e. The highest BCUT2D eigenvalue weighted by molar-refractivity contribution is 5.61. The molecule has 1 aromatic carbocycles. The third-order valence-electron chi connectivity index (χ3n) is 3.25. The second-order valence-corrected chi connectivity index (χ2v) is 5.21. The summed E-state index contributed by atoms with van der Waals surface area (Å²) in [5, 5.41) is 18.5. The number of hydrogen-bond acceptors (Lipinski definition) is 3. The molecule has 3 nitrogen and oxygen atoms in total. The summed E-state index contributed by atoms with van der Waals surface area (Å²) in [6.07, 6.45) is 8.58. The van der Waals surface area contributed by atoms with Crippen LogP contribution in [0.4, 0.5) is 0 Å². The third-order valence-corrected chi connectivity index (χ3v) is 3.25. The van der Waals surface area contributed by atoms with Crippen molar-refractivity contribution in [3.8, 4) is 17.0 Å². The van der Waals surface area contributed by atoms with Crippen molar-refractivity contribution in [2.75, 3.05) is 0 Å². The molecule has 0 bridgehead atoms. The van der Waals surface area contributed by atoms with Gasteiger partial charge in [0.25, 0.3) is 0 Å². The molecule has 110 valence electrons. The summed E-state index contributed by atoms with van der Waals surface area (Å²) in [5.74, 6) is 0.260. The molecule has 0 aliphatic rings. The fourth-order valence-corrected chi connectivity index (χ4v) is 2.06. The highest BCUT2D eigenvalue weighted by Crippen LogP contribution is 2.20. The zero-order valence-corrected chi connectivity index (χ0v) is 12.2. The monoisotopic (exact) mass is 283 g/mol. The van der Waals surface area contributed by atoms with Crippen LogP contribution < -0.4 is 0 Å². The van der Waals surface area contributed by atoms with E-state index in [0.717, 1.165) is 36.1 Å². The van der Waals surface area contributed by atoms with Crippen LogP contribution in [0.15, 0.2) is 48.7 Å². The lowest BCUT2D eigenvalue weighted by molar-refractivity contribution is 0.182. The molecule has 0 saturated heterocycles. The van der Waals surface area contributed by atoms with E-state index in [4.69, 9.17) is 0 Å². The first kappa shape index (κ1) is 15.3. The number of phenols is 1. The Labute approximate surface area is 125 Å². The zero-order valence-electron chi connectivity index (χ0n) is 12.2. The number of allylic oxidation sites excluding steroid dienone is 1. The normalized spacial score (nSPS) is 12.7. The predicted octanol–water partition coefficient (Wildman–Crippen LogP) is 4.02. The number of benzene rings is 1. The quantitative estimate of drug-likeness (QED) is 0.787. The van der Waals surface area contributed by atoms with Gasteiger partial charge in [0.1, 0.15) is 5.75 Å². The number of unbranched alkanes of at least 4 members (excludes halogenated alkanes) is 1. The van der Waals surface area contributed by atoms with Crippen molar-refractivity contribution in [2.45, 2.75) is 32.3 Å². The van der Waals surface area contributed by atoms with Crippen molar-refractivity contribution >= 4 is 6.08 Å². The molecule has 21 heavy (non-hydrogen) atoms. The van der Waals surface area contributed by atoms with Gasteiger partial charge in [-0.25, -0.2) is 0 Å². The summed E-state index contributed by atoms with van der Waals surface area (Å²) in [6, 6.07) is 11.0. The standard InChI is InChI=1S/C18H21NO2/c1-14(20)5-3-2-4-6-15-7-12-18(19-13-15)16-8-10-17(21)11-9-16/h4,6-14,20-21H,2-3,5H2,1H3. The Hall–Kier alpha value is -2.13. The van der Waals surface area contributed by atoms with Crippen LogP contribution in [0.25, 0.3) is 17.3 Å². The molecule has 2 aromatic rings. The van der Waals surface area contributed by atoms with E-state index in [-0.39, 0.29) is 11.9 Å². The van der Waals surface area contributed by atoms with Gasteiger partial charge < -0.3 is 10.2 Å². The number of aromatic hydroxyl groups is 1. The molecule has 0 radical (unpaired) electrons. The van der Waals surface area contributed by atoms with Gasteiger partial charge in [-0.3, -0.25) is 4.98 Å². The molecule has 0 amide bonds. The average molecular weight is 283 g/mol. The van der Waals surface area contributed by atoms with E-state index < -0.39 is 0 Å². The second kappa shape index (κ2) is 7.60. The average Bonchev–Trinajstić information content (AvgIpc) is 2.48. The minimum Gasteiger partial charge on any atom is -0.508 e. The van der Waals surface area contributed by atoms with Crippen LogP contribution in [0, 0.1) is 0 Å². The summed E-state index contributed by atoms with van der Waals surface area (Å²) in [4.78, 5) is 4.43. The van der Waals surface area contributed by atoms with E-state index in [2.05, 4.69) is 17.1 Å². The Morgan fingerprint density at radius 3 is 2.52 bits per heavy atom. The molecule has 0 aliphatic heterocycles. The van der Waals surface area contributed by atoms with Crippen LogP contribution in [-0.2, 0) is 0 Å². The van der Waals surface area contributed by atoms with E-state index in [9.17, 15) is 10.2 Å². The lowest BCUT2D eigenvalue weighted by Crippen LogP contribution is -1.97. The first-order chi connectivity index (χ1) is 10.1. The van der Waals surface area contributed by atoms with E-state index in [1.807, 2.05) is 37.4 Å². The fraction of sp³-hybridized carbons (Fsp3) is 0.278. The van der Waals surface area contributed by atoms with Gasteiger partial charge in [0.05, 0.1) is 11.8 Å². The van der Waals surface area contributed by atoms with Gasteiger partial charge in [-0.15, -0.1) is 0 Å². The maximum Gasteiger partial charge on any atom is 0.115 e. The summed E-state index contributed by atoms with van der Waals surface area (Å²) >= 11 is 0. The Balaban J connectivity index is 1.92. The molecule has 0 fully saturated rings. The van der Waals surface area contributed by atoms with Crippen molar-refractivity contribution in [2.24, 2.45) is 0 Å². The minimum atomic E-state index is -0.218. The highest BCUT2D eigenvalue weighted by atomic mass is 16.3. The number of aromatic nitrogens is 1. The first-order valence-electron chi connectivity index (χ1n) is 7.25. The van der Waals surface area contributed by atoms with Crippen molar-refractivity contribution < 1.29 is 10.2 Å². The molecule has 1 atom stereocenters. The number of rotatable bonds is 6. The lowest BCUT2D eigenvalue weighted by atomic mass is 10.1. The lowest BCUT2D eigenvalue weighted by Gasteiger charge is -2.02. The van der Waals surface area contributed by atoms with Crippen LogP contribution in [0.2, 0.25) is 0 Å². The van der Waals surface area contributed by atoms with Crippen LogP contribution in [0.3, 0.4) is 0 Å². The van der Waals surface area contributed by atoms with Gasteiger partial charge in [-0.1, -0.05) is 18.2 Å². The highest BCUT2D eigenvalue weighted by Gasteiger charge is 1.99. The van der Waals surface area contributed by atoms with Crippen LogP contribution in [0.5, 0.6) is 5.75 Å². The number of hydrogen-bond donors (Lipinski definition) is 2. The summed E-state index contributed by atoms with van der Waals surface area (Å²) in [5.41, 5.74) is 2.94. The fourth-order valence-electron chi connectivity index (χ4n) is 2.06. The Morgan fingerprint density at radius 1 is 1.14 bits per heavy atom. The van der Waals surface area contributed by atoms with Gasteiger partial charge in [0, 0.05) is 11.8 Å². The van der Waals surface area contributed by atoms with E-state index >= 15 is 0 Å². The van der Waals surface area contributed by atoms with Gasteiger partial charge in [0.15, 0.2) is 0 Å². The molecule has 1 heterocycles. The Bertz CT molecular complexity index is 571. The molecule has 0 aliphatic carbocycles. The molecule has 1 aromatic heterocycles. The topological polar surface area (TPSA) is 53.4 Å².